The molecule has 0 aromatic heterocycles. The molecule has 0 aromatic rings. The number of hydrogen-bond donors (Lipinski definition) is 2. The van der Waals surface area contributed by atoms with Gasteiger partial charge in [-0.05, 0) is 12.8 Å². The quantitative estimate of drug-likeness (QED) is 0.237. The van der Waals surface area contributed by atoms with Gasteiger partial charge in [-0.3, -0.25) is 9.59 Å². The second kappa shape index (κ2) is 21.1. The molecule has 0 saturated carbocycles. The van der Waals surface area contributed by atoms with Crippen molar-refractivity contribution < 1.29 is 38.7 Å². The summed E-state index contributed by atoms with van der Waals surface area (Å²) in [5.41, 5.74) is 0. The van der Waals surface area contributed by atoms with Crippen LogP contribution in [0.2, 0.25) is 0 Å². The summed E-state index contributed by atoms with van der Waals surface area (Å²) in [6.07, 6.45) is 7.70. The number of hydrogen-bond acceptors (Lipinski definition) is 8. The molecule has 8 nitrogen and oxygen atoms in total. The fourth-order valence-corrected chi connectivity index (χ4v) is 2.33. The first-order valence-electron chi connectivity index (χ1n) is 9.89. The van der Waals surface area contributed by atoms with E-state index in [0.717, 1.165) is 44.9 Å². The van der Waals surface area contributed by atoms with Crippen LogP contribution in [0.15, 0.2) is 0 Å². The Hall–Kier alpha value is -1.22. The molecule has 0 rings (SSSR count). The lowest BCUT2D eigenvalue weighted by Gasteiger charge is -2.06. The van der Waals surface area contributed by atoms with E-state index in [-0.39, 0.29) is 51.6 Å². The molecule has 0 aliphatic carbocycles. The van der Waals surface area contributed by atoms with Crippen LogP contribution in [-0.4, -0.2) is 75.0 Å². The second-order valence-electron chi connectivity index (χ2n) is 6.09. The Morgan fingerprint density at radius 2 is 0.889 bits per heavy atom. The molecule has 0 aromatic carbocycles. The molecule has 0 aliphatic heterocycles. The smallest absolute Gasteiger partial charge is 0.305 e. The Kier molecular flexibility index (Phi) is 20.1. The van der Waals surface area contributed by atoms with Crippen LogP contribution < -0.4 is 0 Å². The van der Waals surface area contributed by atoms with Crippen molar-refractivity contribution in [3.05, 3.63) is 0 Å². The number of carbonyl (C=O) groups excluding carboxylic acids is 2. The Morgan fingerprint density at radius 3 is 1.26 bits per heavy atom. The summed E-state index contributed by atoms with van der Waals surface area (Å²) < 4.78 is 20.0. The van der Waals surface area contributed by atoms with Crippen molar-refractivity contribution in [1.82, 2.24) is 0 Å². The SMILES string of the molecule is O=C(CCCCCCCCCC(=O)OCCOCCO)OCCOCCO. The third kappa shape index (κ3) is 20.9. The molecular formula is C19H36O8. The number of unbranched alkanes of at least 4 members (excludes halogenated alkanes) is 6. The van der Waals surface area contributed by atoms with Gasteiger partial charge in [-0.1, -0.05) is 32.1 Å². The van der Waals surface area contributed by atoms with E-state index in [1.807, 2.05) is 0 Å². The Morgan fingerprint density at radius 1 is 0.519 bits per heavy atom. The van der Waals surface area contributed by atoms with Crippen LogP contribution in [0.5, 0.6) is 0 Å². The van der Waals surface area contributed by atoms with Gasteiger partial charge in [0.15, 0.2) is 0 Å². The largest absolute Gasteiger partial charge is 0.463 e. The minimum atomic E-state index is -0.206. The predicted octanol–water partition coefficient (Wildman–Crippen LogP) is 1.60. The number of esters is 2. The number of carbonyl (C=O) groups is 2. The summed E-state index contributed by atoms with van der Waals surface area (Å²) in [4.78, 5) is 22.9. The zero-order valence-electron chi connectivity index (χ0n) is 16.4. The molecule has 0 bridgehead atoms. The van der Waals surface area contributed by atoms with Crippen LogP contribution in [0.4, 0.5) is 0 Å². The first kappa shape index (κ1) is 25.8. The highest BCUT2D eigenvalue weighted by Gasteiger charge is 2.04. The monoisotopic (exact) mass is 392 g/mol. The van der Waals surface area contributed by atoms with E-state index in [2.05, 4.69) is 0 Å². The summed E-state index contributed by atoms with van der Waals surface area (Å²) in [6, 6.07) is 0. The van der Waals surface area contributed by atoms with Gasteiger partial charge in [0, 0.05) is 12.8 Å². The zero-order chi connectivity index (χ0) is 20.0. The molecule has 0 radical (unpaired) electrons. The fraction of sp³-hybridized carbons (Fsp3) is 0.895. The van der Waals surface area contributed by atoms with Gasteiger partial charge in [0.2, 0.25) is 0 Å². The lowest BCUT2D eigenvalue weighted by Crippen LogP contribution is -2.11. The van der Waals surface area contributed by atoms with Crippen molar-refractivity contribution in [2.45, 2.75) is 57.8 Å². The molecule has 0 amide bonds. The molecule has 0 spiro atoms. The third-order valence-electron chi connectivity index (χ3n) is 3.71. The maximum absolute atomic E-state index is 11.5. The number of ether oxygens (including phenoxy) is 4. The predicted molar refractivity (Wildman–Crippen MR) is 99.3 cm³/mol. The molecular weight excluding hydrogens is 356 g/mol. The average Bonchev–Trinajstić information content (AvgIpc) is 2.66. The molecule has 8 heteroatoms. The van der Waals surface area contributed by atoms with E-state index < -0.39 is 0 Å². The van der Waals surface area contributed by atoms with E-state index in [1.165, 1.54) is 0 Å². The Balaban J connectivity index is 3.23. The van der Waals surface area contributed by atoms with Gasteiger partial charge in [-0.25, -0.2) is 0 Å². The van der Waals surface area contributed by atoms with Crippen LogP contribution in [0.1, 0.15) is 57.8 Å². The first-order valence-corrected chi connectivity index (χ1v) is 9.89. The van der Waals surface area contributed by atoms with Gasteiger partial charge in [0.1, 0.15) is 13.2 Å². The van der Waals surface area contributed by atoms with E-state index in [0.29, 0.717) is 26.1 Å². The molecule has 0 aliphatic rings. The minimum absolute atomic E-state index is 0.0282. The van der Waals surface area contributed by atoms with Gasteiger partial charge in [-0.15, -0.1) is 0 Å². The van der Waals surface area contributed by atoms with Gasteiger partial charge in [-0.2, -0.15) is 0 Å². The lowest BCUT2D eigenvalue weighted by molar-refractivity contribution is -0.146. The maximum atomic E-state index is 11.5. The molecule has 160 valence electrons. The standard InChI is InChI=1S/C19H36O8/c20-10-12-24-14-16-26-18(22)8-6-4-2-1-3-5-7-9-19(23)27-17-15-25-13-11-21/h20-21H,1-17H2. The van der Waals surface area contributed by atoms with Crippen molar-refractivity contribution in [1.29, 1.82) is 0 Å². The molecule has 0 saturated heterocycles. The number of rotatable bonds is 20. The summed E-state index contributed by atoms with van der Waals surface area (Å²) in [7, 11) is 0. The highest BCUT2D eigenvalue weighted by molar-refractivity contribution is 5.69. The number of aliphatic hydroxyl groups is 2. The Labute approximate surface area is 162 Å². The van der Waals surface area contributed by atoms with Crippen molar-refractivity contribution in [3.8, 4) is 0 Å². The molecule has 2 N–H and O–H groups in total. The summed E-state index contributed by atoms with van der Waals surface area (Å²) in [6.45, 7) is 1.57. The third-order valence-corrected chi connectivity index (χ3v) is 3.71. The Bertz CT molecular complexity index is 317. The molecule has 0 heterocycles. The molecule has 0 fully saturated rings. The highest BCUT2D eigenvalue weighted by atomic mass is 16.6. The summed E-state index contributed by atoms with van der Waals surface area (Å²) >= 11 is 0. The highest BCUT2D eigenvalue weighted by Crippen LogP contribution is 2.10. The van der Waals surface area contributed by atoms with Crippen LogP contribution in [0, 0.1) is 0 Å². The molecule has 27 heavy (non-hydrogen) atoms. The van der Waals surface area contributed by atoms with Gasteiger partial charge in [0.25, 0.3) is 0 Å². The van der Waals surface area contributed by atoms with Crippen molar-refractivity contribution in [2.24, 2.45) is 0 Å². The average molecular weight is 392 g/mol. The van der Waals surface area contributed by atoms with Crippen LogP contribution in [0.3, 0.4) is 0 Å². The van der Waals surface area contributed by atoms with Crippen LogP contribution >= 0.6 is 0 Å². The van der Waals surface area contributed by atoms with Crippen molar-refractivity contribution >= 4 is 11.9 Å². The van der Waals surface area contributed by atoms with E-state index >= 15 is 0 Å². The summed E-state index contributed by atoms with van der Waals surface area (Å²) in [5.74, 6) is -0.411. The van der Waals surface area contributed by atoms with Crippen LogP contribution in [-0.2, 0) is 28.5 Å². The lowest BCUT2D eigenvalue weighted by atomic mass is 10.1. The molecule has 0 unspecified atom stereocenters. The van der Waals surface area contributed by atoms with Gasteiger partial charge >= 0.3 is 11.9 Å². The fourth-order valence-electron chi connectivity index (χ4n) is 2.33. The molecule has 0 atom stereocenters. The van der Waals surface area contributed by atoms with Crippen molar-refractivity contribution in [3.63, 3.8) is 0 Å². The second-order valence-corrected chi connectivity index (χ2v) is 6.09. The van der Waals surface area contributed by atoms with Gasteiger partial charge in [0.05, 0.1) is 39.6 Å². The summed E-state index contributed by atoms with van der Waals surface area (Å²) in [5, 5.41) is 17.0. The minimum Gasteiger partial charge on any atom is -0.463 e. The van der Waals surface area contributed by atoms with Gasteiger partial charge < -0.3 is 29.2 Å². The number of aliphatic hydroxyl groups excluding tert-OH is 2. The van der Waals surface area contributed by atoms with E-state index in [9.17, 15) is 9.59 Å². The zero-order valence-corrected chi connectivity index (χ0v) is 16.4. The van der Waals surface area contributed by atoms with E-state index in [4.69, 9.17) is 29.2 Å². The van der Waals surface area contributed by atoms with Crippen molar-refractivity contribution in [2.75, 3.05) is 52.9 Å². The topological polar surface area (TPSA) is 112 Å². The first-order chi connectivity index (χ1) is 13.2. The van der Waals surface area contributed by atoms with E-state index in [1.54, 1.807) is 0 Å². The maximum Gasteiger partial charge on any atom is 0.305 e. The van der Waals surface area contributed by atoms with Crippen LogP contribution in [0.25, 0.3) is 0 Å². The normalized spacial score (nSPS) is 10.7.